The summed E-state index contributed by atoms with van der Waals surface area (Å²) in [5, 5.41) is 2.94. The molecule has 4 rings (SSSR count). The number of rotatable bonds is 8. The van der Waals surface area contributed by atoms with Crippen molar-refractivity contribution in [2.75, 3.05) is 7.11 Å². The minimum Gasteiger partial charge on any atom is -0.467 e. The first-order valence-corrected chi connectivity index (χ1v) is 11.4. The van der Waals surface area contributed by atoms with E-state index in [9.17, 15) is 14.0 Å². The molecule has 0 fully saturated rings. The van der Waals surface area contributed by atoms with Crippen molar-refractivity contribution in [3.05, 3.63) is 143 Å². The number of hydrogen-bond donors (Lipinski definition) is 1. The van der Waals surface area contributed by atoms with Crippen molar-refractivity contribution in [3.8, 4) is 0 Å². The first-order chi connectivity index (χ1) is 17.1. The van der Waals surface area contributed by atoms with Crippen LogP contribution in [0.4, 0.5) is 4.39 Å². The molecule has 0 saturated heterocycles. The van der Waals surface area contributed by atoms with Gasteiger partial charge < -0.3 is 10.1 Å². The van der Waals surface area contributed by atoms with E-state index in [0.717, 1.165) is 16.7 Å². The van der Waals surface area contributed by atoms with E-state index in [1.807, 2.05) is 91.0 Å². The molecule has 0 aliphatic rings. The van der Waals surface area contributed by atoms with Crippen molar-refractivity contribution in [2.45, 2.75) is 17.9 Å². The number of amides is 1. The van der Waals surface area contributed by atoms with Crippen LogP contribution in [0.25, 0.3) is 0 Å². The summed E-state index contributed by atoms with van der Waals surface area (Å²) in [5.41, 5.74) is 1.60. The molecule has 1 N–H and O–H groups in total. The zero-order valence-electron chi connectivity index (χ0n) is 19.4. The van der Waals surface area contributed by atoms with Crippen LogP contribution in [0.15, 0.2) is 115 Å². The Morgan fingerprint density at radius 1 is 0.771 bits per heavy atom. The number of esters is 1. The second-order valence-corrected chi connectivity index (χ2v) is 8.23. The molecule has 0 aliphatic carbocycles. The number of halogens is 1. The van der Waals surface area contributed by atoms with Crippen LogP contribution in [0.3, 0.4) is 0 Å². The third-order valence-electron chi connectivity index (χ3n) is 6.08. The highest BCUT2D eigenvalue weighted by molar-refractivity contribution is 5.98. The zero-order chi connectivity index (χ0) is 24.7. The number of hydrogen-bond acceptors (Lipinski definition) is 3. The average Bonchev–Trinajstić information content (AvgIpc) is 2.90. The quantitative estimate of drug-likeness (QED) is 0.291. The lowest BCUT2D eigenvalue weighted by Crippen LogP contribution is -2.52. The van der Waals surface area contributed by atoms with Gasteiger partial charge in [0.15, 0.2) is 0 Å². The average molecular weight is 468 g/mol. The van der Waals surface area contributed by atoms with Gasteiger partial charge in [-0.25, -0.2) is 9.18 Å². The lowest BCUT2D eigenvalue weighted by Gasteiger charge is -2.35. The zero-order valence-corrected chi connectivity index (χ0v) is 19.4. The van der Waals surface area contributed by atoms with Gasteiger partial charge in [-0.3, -0.25) is 4.79 Å². The molecule has 4 aromatic carbocycles. The van der Waals surface area contributed by atoms with Gasteiger partial charge in [0.1, 0.15) is 17.3 Å². The van der Waals surface area contributed by atoms with E-state index in [0.29, 0.717) is 5.56 Å². The molecule has 0 radical (unpaired) electrons. The highest BCUT2D eigenvalue weighted by atomic mass is 19.1. The topological polar surface area (TPSA) is 55.4 Å². The Kier molecular flexibility index (Phi) is 7.36. The smallest absolute Gasteiger partial charge is 0.328 e. The predicted octanol–water partition coefficient (Wildman–Crippen LogP) is 5.06. The highest BCUT2D eigenvalue weighted by Gasteiger charge is 2.45. The Hall–Kier alpha value is -4.25. The summed E-state index contributed by atoms with van der Waals surface area (Å²) in [6.45, 7) is 0. The van der Waals surface area contributed by atoms with Crippen LogP contribution < -0.4 is 5.32 Å². The third kappa shape index (κ3) is 4.99. The van der Waals surface area contributed by atoms with Gasteiger partial charge in [-0.1, -0.05) is 103 Å². The van der Waals surface area contributed by atoms with Crippen molar-refractivity contribution >= 4 is 11.9 Å². The van der Waals surface area contributed by atoms with Crippen molar-refractivity contribution in [1.82, 2.24) is 5.32 Å². The summed E-state index contributed by atoms with van der Waals surface area (Å²) in [5.74, 6) is -1.40. The van der Waals surface area contributed by atoms with E-state index in [1.165, 1.54) is 19.2 Å². The first kappa shape index (κ1) is 23.9. The van der Waals surface area contributed by atoms with Crippen LogP contribution in [0.1, 0.15) is 22.3 Å². The second kappa shape index (κ2) is 10.8. The Morgan fingerprint density at radius 3 is 1.69 bits per heavy atom. The van der Waals surface area contributed by atoms with Crippen molar-refractivity contribution < 1.29 is 18.7 Å². The maximum absolute atomic E-state index is 14.4. The summed E-state index contributed by atoms with van der Waals surface area (Å²) in [6, 6.07) is 33.3. The SMILES string of the molecule is COC(=O)[C@H](Cc1cccc(F)c1)NC(=O)C(c1ccccc1)(c1ccccc1)c1ccccc1. The lowest BCUT2D eigenvalue weighted by atomic mass is 9.68. The lowest BCUT2D eigenvalue weighted by molar-refractivity contribution is -0.145. The summed E-state index contributed by atoms with van der Waals surface area (Å²) in [7, 11) is 1.27. The maximum Gasteiger partial charge on any atom is 0.328 e. The number of nitrogens with one attached hydrogen (secondary N) is 1. The van der Waals surface area contributed by atoms with Gasteiger partial charge in [0.25, 0.3) is 0 Å². The molecule has 0 unspecified atom stereocenters. The maximum atomic E-state index is 14.4. The molecule has 0 saturated carbocycles. The fourth-order valence-electron chi connectivity index (χ4n) is 4.46. The monoisotopic (exact) mass is 467 g/mol. The highest BCUT2D eigenvalue weighted by Crippen LogP contribution is 2.39. The standard InChI is InChI=1S/C30H26FNO3/c1-35-28(33)27(21-22-12-11-19-26(31)20-22)32-29(34)30(23-13-5-2-6-14-23,24-15-7-3-8-16-24)25-17-9-4-10-18-25/h2-20,27H,21H2,1H3,(H,32,34)/t27-/m0/s1. The number of methoxy groups -OCH3 is 1. The largest absolute Gasteiger partial charge is 0.467 e. The van der Waals surface area contributed by atoms with Crippen LogP contribution in [0.5, 0.6) is 0 Å². The van der Waals surface area contributed by atoms with E-state index in [2.05, 4.69) is 5.32 Å². The van der Waals surface area contributed by atoms with E-state index < -0.39 is 23.2 Å². The van der Waals surface area contributed by atoms with Crippen LogP contribution in [0.2, 0.25) is 0 Å². The van der Waals surface area contributed by atoms with Gasteiger partial charge in [0.05, 0.1) is 7.11 Å². The molecular weight excluding hydrogens is 441 g/mol. The van der Waals surface area contributed by atoms with E-state index in [1.54, 1.807) is 12.1 Å². The molecule has 5 heteroatoms. The molecule has 0 aromatic heterocycles. The molecule has 35 heavy (non-hydrogen) atoms. The molecule has 4 aromatic rings. The van der Waals surface area contributed by atoms with Crippen LogP contribution in [-0.2, 0) is 26.2 Å². The third-order valence-corrected chi connectivity index (χ3v) is 6.08. The van der Waals surface area contributed by atoms with Crippen LogP contribution >= 0.6 is 0 Å². The first-order valence-electron chi connectivity index (χ1n) is 11.4. The molecule has 4 nitrogen and oxygen atoms in total. The van der Waals surface area contributed by atoms with Gasteiger partial charge in [-0.05, 0) is 34.4 Å². The Morgan fingerprint density at radius 2 is 1.26 bits per heavy atom. The Bertz CT molecular complexity index is 1180. The minimum absolute atomic E-state index is 0.0879. The van der Waals surface area contributed by atoms with E-state index in [-0.39, 0.29) is 12.3 Å². The van der Waals surface area contributed by atoms with Gasteiger partial charge in [-0.2, -0.15) is 0 Å². The number of carbonyl (C=O) groups excluding carboxylic acids is 2. The van der Waals surface area contributed by atoms with Crippen molar-refractivity contribution in [1.29, 1.82) is 0 Å². The van der Waals surface area contributed by atoms with Crippen molar-refractivity contribution in [2.24, 2.45) is 0 Å². The van der Waals surface area contributed by atoms with Gasteiger partial charge in [0.2, 0.25) is 5.91 Å². The fraction of sp³-hybridized carbons (Fsp3) is 0.133. The van der Waals surface area contributed by atoms with Gasteiger partial charge in [0, 0.05) is 6.42 Å². The molecular formula is C30H26FNO3. The Labute approximate surface area is 204 Å². The van der Waals surface area contributed by atoms with Crippen LogP contribution in [0, 0.1) is 5.82 Å². The van der Waals surface area contributed by atoms with Gasteiger partial charge >= 0.3 is 5.97 Å². The van der Waals surface area contributed by atoms with Crippen molar-refractivity contribution in [3.63, 3.8) is 0 Å². The molecule has 1 atom stereocenters. The summed E-state index contributed by atoms with van der Waals surface area (Å²) in [4.78, 5) is 27.1. The predicted molar refractivity (Wildman–Crippen MR) is 133 cm³/mol. The van der Waals surface area contributed by atoms with E-state index in [4.69, 9.17) is 4.74 Å². The molecule has 0 spiro atoms. The summed E-state index contributed by atoms with van der Waals surface area (Å²) in [6.07, 6.45) is 0.0879. The molecule has 0 heterocycles. The summed E-state index contributed by atoms with van der Waals surface area (Å²) >= 11 is 0. The normalized spacial score (nSPS) is 11.9. The molecule has 1 amide bonds. The van der Waals surface area contributed by atoms with E-state index >= 15 is 0 Å². The number of benzene rings is 4. The fourth-order valence-corrected chi connectivity index (χ4v) is 4.46. The van der Waals surface area contributed by atoms with Crippen LogP contribution in [-0.4, -0.2) is 25.0 Å². The number of carbonyl (C=O) groups is 2. The molecule has 0 bridgehead atoms. The minimum atomic E-state index is -1.24. The summed E-state index contributed by atoms with van der Waals surface area (Å²) < 4.78 is 18.8. The Balaban J connectivity index is 1.85. The van der Waals surface area contributed by atoms with Gasteiger partial charge in [-0.15, -0.1) is 0 Å². The molecule has 0 aliphatic heterocycles. The number of ether oxygens (including phenoxy) is 1. The second-order valence-electron chi connectivity index (χ2n) is 8.23. The molecule has 176 valence electrons.